The number of carboxylic acid groups (broad SMARTS) is 1. The third-order valence-electron chi connectivity index (χ3n) is 7.28. The second-order valence-electron chi connectivity index (χ2n) is 10.2. The molecule has 3 aliphatic rings. The lowest BCUT2D eigenvalue weighted by molar-refractivity contribution is -0.294. The van der Waals surface area contributed by atoms with E-state index in [1.54, 1.807) is 0 Å². The number of phenolic OH excluding ortho intramolecular Hbond substituents is 4. The van der Waals surface area contributed by atoms with Crippen molar-refractivity contribution in [2.75, 3.05) is 6.61 Å². The summed E-state index contributed by atoms with van der Waals surface area (Å²) in [4.78, 5) is 63.2. The van der Waals surface area contributed by atoms with Gasteiger partial charge in [-0.3, -0.25) is 14.4 Å². The number of ether oxygens (including phenoxy) is 5. The molecule has 2 aromatic carbocycles. The molecule has 17 heteroatoms. The third-order valence-corrected chi connectivity index (χ3v) is 7.28. The number of phenols is 4. The number of hydrogen-bond acceptors (Lipinski definition) is 16. The molecule has 7 atom stereocenters. The maximum absolute atomic E-state index is 13.4. The minimum absolute atomic E-state index is 0.262. The van der Waals surface area contributed by atoms with Gasteiger partial charge in [-0.2, -0.15) is 0 Å². The Morgan fingerprint density at radius 1 is 0.956 bits per heavy atom. The summed E-state index contributed by atoms with van der Waals surface area (Å²) in [6.45, 7) is -0.864. The smallest absolute Gasteiger partial charge is 0.342 e. The molecule has 3 aliphatic heterocycles. The highest BCUT2D eigenvalue weighted by Crippen LogP contribution is 2.51. The van der Waals surface area contributed by atoms with E-state index >= 15 is 0 Å². The number of benzene rings is 2. The first kappa shape index (κ1) is 31.0. The van der Waals surface area contributed by atoms with Gasteiger partial charge in [-0.05, 0) is 29.8 Å². The van der Waals surface area contributed by atoms with E-state index in [-0.39, 0.29) is 11.1 Å². The van der Waals surface area contributed by atoms with E-state index in [1.165, 1.54) is 12.1 Å². The molecule has 0 unspecified atom stereocenters. The van der Waals surface area contributed by atoms with Crippen LogP contribution in [0.2, 0.25) is 0 Å². The van der Waals surface area contributed by atoms with Crippen LogP contribution in [0.25, 0.3) is 6.08 Å². The Labute approximate surface area is 251 Å². The molecule has 2 aromatic rings. The lowest BCUT2D eigenvalue weighted by Crippen LogP contribution is -2.61. The van der Waals surface area contributed by atoms with E-state index in [1.807, 2.05) is 0 Å². The first-order chi connectivity index (χ1) is 21.3. The minimum atomic E-state index is -2.09. The molecular weight excluding hydrogens is 608 g/mol. The zero-order chi connectivity index (χ0) is 32.7. The molecule has 3 heterocycles. The second kappa shape index (κ2) is 11.9. The number of esters is 4. The molecule has 5 rings (SSSR count). The van der Waals surface area contributed by atoms with Gasteiger partial charge in [-0.15, -0.1) is 0 Å². The summed E-state index contributed by atoms with van der Waals surface area (Å²) in [5.74, 6) is -13.8. The van der Waals surface area contributed by atoms with E-state index in [0.717, 1.165) is 24.3 Å². The van der Waals surface area contributed by atoms with Crippen molar-refractivity contribution in [2.24, 2.45) is 5.92 Å². The highest BCUT2D eigenvalue weighted by molar-refractivity contribution is 5.99. The van der Waals surface area contributed by atoms with Gasteiger partial charge in [0.2, 0.25) is 12.0 Å². The average molecular weight is 632 g/mol. The fraction of sp³-hybridized carbons (Fsp3) is 0.321. The van der Waals surface area contributed by atoms with E-state index in [0.29, 0.717) is 0 Å². The molecule has 0 spiro atoms. The number of aromatic hydroxyl groups is 4. The summed E-state index contributed by atoms with van der Waals surface area (Å²) in [5.41, 5.74) is -0.748. The molecule has 17 nitrogen and oxygen atoms in total. The first-order valence-corrected chi connectivity index (χ1v) is 13.1. The normalized spacial score (nSPS) is 27.8. The van der Waals surface area contributed by atoms with Crippen LogP contribution in [-0.4, -0.2) is 103 Å². The van der Waals surface area contributed by atoms with E-state index in [9.17, 15) is 59.7 Å². The predicted molar refractivity (Wildman–Crippen MR) is 140 cm³/mol. The molecule has 1 fully saturated rings. The van der Waals surface area contributed by atoms with Gasteiger partial charge >= 0.3 is 29.8 Å². The Hall–Kier alpha value is -5.39. The monoisotopic (exact) mass is 632 g/mol. The van der Waals surface area contributed by atoms with Crippen molar-refractivity contribution in [2.45, 2.75) is 43.0 Å². The zero-order valence-corrected chi connectivity index (χ0v) is 22.6. The van der Waals surface area contributed by atoms with Gasteiger partial charge < -0.3 is 59.4 Å². The average Bonchev–Trinajstić information content (AvgIpc) is 3.31. The Kier molecular flexibility index (Phi) is 8.24. The highest BCUT2D eigenvalue weighted by Gasteiger charge is 2.52. The van der Waals surface area contributed by atoms with Gasteiger partial charge in [0.25, 0.3) is 0 Å². The van der Waals surface area contributed by atoms with Crippen LogP contribution in [0, 0.1) is 5.92 Å². The summed E-state index contributed by atoms with van der Waals surface area (Å²) >= 11 is 0. The Balaban J connectivity index is 1.44. The maximum Gasteiger partial charge on any atom is 0.342 e. The molecule has 7 N–H and O–H groups in total. The van der Waals surface area contributed by atoms with Crippen molar-refractivity contribution >= 4 is 35.9 Å². The van der Waals surface area contributed by atoms with Crippen LogP contribution < -0.4 is 4.74 Å². The summed E-state index contributed by atoms with van der Waals surface area (Å²) in [7, 11) is 0. The second-order valence-corrected chi connectivity index (χ2v) is 10.2. The van der Waals surface area contributed by atoms with Crippen molar-refractivity contribution in [3.05, 3.63) is 47.0 Å². The largest absolute Gasteiger partial charge is 0.504 e. The molecule has 45 heavy (non-hydrogen) atoms. The standard InChI is InChI=1S/C28H24O17/c29-13-3-1-9(5-14(13)30)2-4-17(33)43-28-22(37)21(36)24-15(42-28)8-41-25(38)12-6-10-18(11(7-16(31)32)26(39)45-24)27(40)44-23(10)20(35)19(12)34/h1-6,11,15,18,21-22,24,28-30,34-37H,7-8H2,(H,31,32)/t11-,15+,18+,21+,22+,24+,28-/m0/s1. The van der Waals surface area contributed by atoms with Gasteiger partial charge in [0, 0.05) is 11.6 Å². The quantitative estimate of drug-likeness (QED) is 0.0711. The van der Waals surface area contributed by atoms with Gasteiger partial charge in [-0.25, -0.2) is 9.59 Å². The number of carbonyl (C=O) groups excluding carboxylic acids is 4. The van der Waals surface area contributed by atoms with Crippen LogP contribution in [0.1, 0.15) is 33.8 Å². The molecule has 0 saturated carbocycles. The molecule has 0 aliphatic carbocycles. The summed E-state index contributed by atoms with van der Waals surface area (Å²) < 4.78 is 26.0. The fourth-order valence-electron chi connectivity index (χ4n) is 5.05. The van der Waals surface area contributed by atoms with Gasteiger partial charge in [0.1, 0.15) is 30.5 Å². The predicted octanol–water partition coefficient (Wildman–Crippen LogP) is -0.612. The van der Waals surface area contributed by atoms with Gasteiger partial charge in [0.15, 0.2) is 29.1 Å². The lowest BCUT2D eigenvalue weighted by atomic mass is 9.83. The first-order valence-electron chi connectivity index (χ1n) is 13.1. The highest BCUT2D eigenvalue weighted by atomic mass is 16.7. The summed E-state index contributed by atoms with van der Waals surface area (Å²) in [6, 6.07) is 4.52. The van der Waals surface area contributed by atoms with Crippen molar-refractivity contribution in [3.8, 4) is 28.7 Å². The minimum Gasteiger partial charge on any atom is -0.504 e. The van der Waals surface area contributed by atoms with Gasteiger partial charge in [-0.1, -0.05) is 6.07 Å². The Morgan fingerprint density at radius 2 is 1.69 bits per heavy atom. The van der Waals surface area contributed by atoms with Crippen LogP contribution in [0.3, 0.4) is 0 Å². The fourth-order valence-corrected chi connectivity index (χ4v) is 5.05. The number of rotatable bonds is 5. The number of aliphatic carboxylic acids is 1. The zero-order valence-electron chi connectivity index (χ0n) is 22.6. The number of carbonyl (C=O) groups is 5. The lowest BCUT2D eigenvalue weighted by Gasteiger charge is -2.41. The van der Waals surface area contributed by atoms with E-state index < -0.39 is 120 Å². The molecule has 0 aromatic heterocycles. The molecule has 238 valence electrons. The number of hydrogen-bond donors (Lipinski definition) is 7. The maximum atomic E-state index is 13.4. The van der Waals surface area contributed by atoms with Crippen LogP contribution in [-0.2, 0) is 38.1 Å². The van der Waals surface area contributed by atoms with Crippen molar-refractivity contribution < 1.29 is 83.4 Å². The third kappa shape index (κ3) is 5.91. The van der Waals surface area contributed by atoms with Crippen molar-refractivity contribution in [1.29, 1.82) is 0 Å². The van der Waals surface area contributed by atoms with E-state index in [2.05, 4.69) is 0 Å². The summed E-state index contributed by atoms with van der Waals surface area (Å²) in [5, 5.41) is 70.8. The van der Waals surface area contributed by atoms with Crippen molar-refractivity contribution in [1.82, 2.24) is 0 Å². The van der Waals surface area contributed by atoms with Crippen LogP contribution >= 0.6 is 0 Å². The molecule has 0 radical (unpaired) electrons. The molecule has 2 bridgehead atoms. The number of aliphatic hydroxyl groups excluding tert-OH is 2. The Morgan fingerprint density at radius 3 is 2.38 bits per heavy atom. The topological polar surface area (TPSA) is 273 Å². The Bertz CT molecular complexity index is 1610. The number of aliphatic hydroxyl groups is 2. The van der Waals surface area contributed by atoms with E-state index in [4.69, 9.17) is 23.7 Å². The van der Waals surface area contributed by atoms with Crippen LogP contribution in [0.4, 0.5) is 0 Å². The van der Waals surface area contributed by atoms with Crippen LogP contribution in [0.15, 0.2) is 30.3 Å². The molecule has 0 amide bonds. The summed E-state index contributed by atoms with van der Waals surface area (Å²) in [6.07, 6.45) is -8.66. The molecule has 1 saturated heterocycles. The van der Waals surface area contributed by atoms with Gasteiger partial charge in [0.05, 0.1) is 18.3 Å². The number of fused-ring (bicyclic) bond motifs is 2. The van der Waals surface area contributed by atoms with Crippen LogP contribution in [0.5, 0.6) is 28.7 Å². The number of carboxylic acids is 1. The van der Waals surface area contributed by atoms with Crippen molar-refractivity contribution in [3.63, 3.8) is 0 Å². The molecular formula is C28H24O17. The number of cyclic esters (lactones) is 1. The SMILES string of the molecule is O=C(O)C[C@@H]1C(=O)O[C@H]2[C@H](O)[C@@H](O)[C@H](OC(=O)C=Cc3ccc(O)c(O)c3)O[C@@H]2COC(=O)c2cc3c(c(O)c2O)OC(=O)[C@H]31.